The maximum absolute atomic E-state index is 9.95. The molecule has 1 aliphatic heterocycles. The Morgan fingerprint density at radius 3 is 2.71 bits per heavy atom. The molecule has 3 nitrogen and oxygen atoms in total. The van der Waals surface area contributed by atoms with Crippen LogP contribution in [0.3, 0.4) is 0 Å². The number of nitrogens with one attached hydrogen (secondary N) is 1. The molecular formula is C14H21NO2. The van der Waals surface area contributed by atoms with Crippen molar-refractivity contribution in [2.75, 3.05) is 19.7 Å². The van der Waals surface area contributed by atoms with Gasteiger partial charge in [0.05, 0.1) is 12.7 Å². The number of phenols is 1. The number of phenolic OH excluding ortho intramolecular Hbond substituents is 1. The molecule has 1 saturated heterocycles. The molecule has 0 amide bonds. The topological polar surface area (TPSA) is 41.5 Å². The van der Waals surface area contributed by atoms with E-state index in [0.29, 0.717) is 12.4 Å². The van der Waals surface area contributed by atoms with Crippen LogP contribution < -0.4 is 5.32 Å². The summed E-state index contributed by atoms with van der Waals surface area (Å²) < 4.78 is 5.69. The molecule has 17 heavy (non-hydrogen) atoms. The van der Waals surface area contributed by atoms with E-state index in [1.54, 1.807) is 6.07 Å². The van der Waals surface area contributed by atoms with Gasteiger partial charge in [-0.05, 0) is 23.1 Å². The van der Waals surface area contributed by atoms with Crippen LogP contribution in [0.2, 0.25) is 0 Å². The Morgan fingerprint density at radius 1 is 1.35 bits per heavy atom. The lowest BCUT2D eigenvalue weighted by molar-refractivity contribution is 0.0262. The van der Waals surface area contributed by atoms with Crippen LogP contribution in [-0.2, 0) is 10.2 Å². The second-order valence-electron chi connectivity index (χ2n) is 5.59. The second-order valence-corrected chi connectivity index (χ2v) is 5.59. The van der Waals surface area contributed by atoms with Gasteiger partial charge in [-0.1, -0.05) is 26.8 Å². The zero-order chi connectivity index (χ0) is 12.5. The standard InChI is InChI=1S/C14H21NO2/c1-14(2,3)10-4-5-12(16)11(8-10)13-9-15-6-7-17-13/h4-5,8,13,15-16H,6-7,9H2,1-3H3. The van der Waals surface area contributed by atoms with Crippen LogP contribution in [-0.4, -0.2) is 24.8 Å². The van der Waals surface area contributed by atoms with Crippen LogP contribution in [0.5, 0.6) is 5.75 Å². The van der Waals surface area contributed by atoms with Gasteiger partial charge in [0.2, 0.25) is 0 Å². The van der Waals surface area contributed by atoms with E-state index in [4.69, 9.17) is 4.74 Å². The summed E-state index contributed by atoms with van der Waals surface area (Å²) in [6.07, 6.45) is -0.0361. The van der Waals surface area contributed by atoms with Crippen molar-refractivity contribution in [1.82, 2.24) is 5.32 Å². The summed E-state index contributed by atoms with van der Waals surface area (Å²) in [5.74, 6) is 0.326. The highest BCUT2D eigenvalue weighted by molar-refractivity contribution is 5.40. The van der Waals surface area contributed by atoms with Crippen molar-refractivity contribution in [3.05, 3.63) is 29.3 Å². The van der Waals surface area contributed by atoms with Crippen molar-refractivity contribution in [3.63, 3.8) is 0 Å². The van der Waals surface area contributed by atoms with Gasteiger partial charge in [0, 0.05) is 18.7 Å². The monoisotopic (exact) mass is 235 g/mol. The molecular weight excluding hydrogens is 214 g/mol. The Bertz CT molecular complexity index is 390. The lowest BCUT2D eigenvalue weighted by Crippen LogP contribution is -2.33. The number of morpholine rings is 1. The maximum atomic E-state index is 9.95. The summed E-state index contributed by atoms with van der Waals surface area (Å²) in [4.78, 5) is 0. The van der Waals surface area contributed by atoms with Crippen LogP contribution in [0.4, 0.5) is 0 Å². The number of hydrogen-bond donors (Lipinski definition) is 2. The molecule has 2 N–H and O–H groups in total. The molecule has 2 rings (SSSR count). The molecule has 0 saturated carbocycles. The van der Waals surface area contributed by atoms with Crippen molar-refractivity contribution in [1.29, 1.82) is 0 Å². The van der Waals surface area contributed by atoms with E-state index in [2.05, 4.69) is 32.2 Å². The third kappa shape index (κ3) is 2.79. The van der Waals surface area contributed by atoms with Crippen molar-refractivity contribution in [2.45, 2.75) is 32.3 Å². The number of rotatable bonds is 1. The molecule has 0 aromatic heterocycles. The van der Waals surface area contributed by atoms with Crippen LogP contribution in [0, 0.1) is 0 Å². The molecule has 1 aliphatic rings. The van der Waals surface area contributed by atoms with Gasteiger partial charge in [-0.25, -0.2) is 0 Å². The predicted molar refractivity (Wildman–Crippen MR) is 68.4 cm³/mol. The lowest BCUT2D eigenvalue weighted by atomic mass is 9.85. The predicted octanol–water partition coefficient (Wildman–Crippen LogP) is 2.35. The highest BCUT2D eigenvalue weighted by Gasteiger charge is 2.22. The summed E-state index contributed by atoms with van der Waals surface area (Å²) >= 11 is 0. The molecule has 1 atom stereocenters. The first-order valence-electron chi connectivity index (χ1n) is 6.14. The Balaban J connectivity index is 2.31. The zero-order valence-corrected chi connectivity index (χ0v) is 10.8. The van der Waals surface area contributed by atoms with Crippen LogP contribution in [0.1, 0.15) is 38.0 Å². The number of benzene rings is 1. The highest BCUT2D eigenvalue weighted by atomic mass is 16.5. The molecule has 1 heterocycles. The van der Waals surface area contributed by atoms with E-state index < -0.39 is 0 Å². The number of ether oxygens (including phenoxy) is 1. The smallest absolute Gasteiger partial charge is 0.121 e. The highest BCUT2D eigenvalue weighted by Crippen LogP contribution is 2.32. The molecule has 1 aromatic rings. The van der Waals surface area contributed by atoms with Crippen LogP contribution >= 0.6 is 0 Å². The first-order chi connectivity index (χ1) is 7.98. The second kappa shape index (κ2) is 4.67. The fraction of sp³-hybridized carbons (Fsp3) is 0.571. The fourth-order valence-corrected chi connectivity index (χ4v) is 2.04. The Hall–Kier alpha value is -1.06. The quantitative estimate of drug-likeness (QED) is 0.785. The van der Waals surface area contributed by atoms with Crippen LogP contribution in [0.25, 0.3) is 0 Å². The average molecular weight is 235 g/mol. The minimum atomic E-state index is -0.0361. The minimum absolute atomic E-state index is 0.0361. The van der Waals surface area contributed by atoms with Gasteiger partial charge in [0.15, 0.2) is 0 Å². The van der Waals surface area contributed by atoms with Crippen molar-refractivity contribution < 1.29 is 9.84 Å². The Kier molecular flexibility index (Phi) is 3.40. The normalized spacial score (nSPS) is 21.5. The molecule has 3 heteroatoms. The third-order valence-electron chi connectivity index (χ3n) is 3.17. The van der Waals surface area contributed by atoms with E-state index in [0.717, 1.165) is 18.7 Å². The van der Waals surface area contributed by atoms with Gasteiger partial charge in [0.25, 0.3) is 0 Å². The fourth-order valence-electron chi connectivity index (χ4n) is 2.04. The first kappa shape index (κ1) is 12.4. The molecule has 94 valence electrons. The lowest BCUT2D eigenvalue weighted by Gasteiger charge is -2.27. The van der Waals surface area contributed by atoms with Gasteiger partial charge >= 0.3 is 0 Å². The SMILES string of the molecule is CC(C)(C)c1ccc(O)c(C2CNCCO2)c1. The van der Waals surface area contributed by atoms with Gasteiger partial charge in [-0.15, -0.1) is 0 Å². The van der Waals surface area contributed by atoms with Gasteiger partial charge in [-0.2, -0.15) is 0 Å². The molecule has 1 unspecified atom stereocenters. The number of aromatic hydroxyl groups is 1. The molecule has 0 radical (unpaired) electrons. The van der Waals surface area contributed by atoms with E-state index >= 15 is 0 Å². The summed E-state index contributed by atoms with van der Waals surface area (Å²) in [7, 11) is 0. The van der Waals surface area contributed by atoms with Gasteiger partial charge < -0.3 is 15.2 Å². The van der Waals surface area contributed by atoms with Gasteiger partial charge in [0.1, 0.15) is 5.75 Å². The number of hydrogen-bond acceptors (Lipinski definition) is 3. The molecule has 0 aliphatic carbocycles. The van der Waals surface area contributed by atoms with E-state index in [-0.39, 0.29) is 11.5 Å². The van der Waals surface area contributed by atoms with Crippen LogP contribution in [0.15, 0.2) is 18.2 Å². The van der Waals surface area contributed by atoms with Crippen molar-refractivity contribution in [2.24, 2.45) is 0 Å². The van der Waals surface area contributed by atoms with E-state index in [1.165, 1.54) is 5.56 Å². The largest absolute Gasteiger partial charge is 0.508 e. The molecule has 1 fully saturated rings. The molecule has 0 spiro atoms. The summed E-state index contributed by atoms with van der Waals surface area (Å²) in [6.45, 7) is 8.86. The third-order valence-corrected chi connectivity index (χ3v) is 3.17. The van der Waals surface area contributed by atoms with Crippen molar-refractivity contribution >= 4 is 0 Å². The Labute approximate surface area is 103 Å². The van der Waals surface area contributed by atoms with Gasteiger partial charge in [-0.3, -0.25) is 0 Å². The summed E-state index contributed by atoms with van der Waals surface area (Å²) in [5.41, 5.74) is 2.20. The first-order valence-corrected chi connectivity index (χ1v) is 6.14. The maximum Gasteiger partial charge on any atom is 0.121 e. The Morgan fingerprint density at radius 2 is 2.12 bits per heavy atom. The minimum Gasteiger partial charge on any atom is -0.508 e. The van der Waals surface area contributed by atoms with Crippen molar-refractivity contribution in [3.8, 4) is 5.75 Å². The summed E-state index contributed by atoms with van der Waals surface area (Å²) in [6, 6.07) is 5.82. The molecule has 1 aromatic carbocycles. The molecule has 0 bridgehead atoms. The average Bonchev–Trinajstić information content (AvgIpc) is 2.29. The summed E-state index contributed by atoms with van der Waals surface area (Å²) in [5, 5.41) is 13.2. The van der Waals surface area contributed by atoms with E-state index in [1.807, 2.05) is 6.07 Å². The van der Waals surface area contributed by atoms with E-state index in [9.17, 15) is 5.11 Å². The zero-order valence-electron chi connectivity index (χ0n) is 10.8.